The van der Waals surface area contributed by atoms with E-state index in [1.807, 2.05) is 6.20 Å². The van der Waals surface area contributed by atoms with Crippen LogP contribution in [-0.4, -0.2) is 18.6 Å². The molecule has 0 bridgehead atoms. The lowest BCUT2D eigenvalue weighted by atomic mass is 9.98. The molecule has 0 aromatic carbocycles. The van der Waals surface area contributed by atoms with E-state index >= 15 is 0 Å². The monoisotopic (exact) mass is 282 g/mol. The summed E-state index contributed by atoms with van der Waals surface area (Å²) in [6, 6.07) is 4.42. The van der Waals surface area contributed by atoms with Crippen molar-refractivity contribution in [2.24, 2.45) is 0 Å². The minimum absolute atomic E-state index is 0.527. The maximum absolute atomic E-state index is 3.52. The maximum Gasteiger partial charge on any atom is 0.109 e. The van der Waals surface area contributed by atoms with Crippen LogP contribution in [0.15, 0.2) is 27.5 Å². The van der Waals surface area contributed by atoms with Crippen molar-refractivity contribution < 1.29 is 0 Å². The van der Waals surface area contributed by atoms with Gasteiger partial charge < -0.3 is 9.88 Å². The quantitative estimate of drug-likeness (QED) is 0.849. The average Bonchev–Trinajstić information content (AvgIpc) is 2.84. The second-order valence-corrected chi connectivity index (χ2v) is 6.19. The lowest BCUT2D eigenvalue weighted by Crippen LogP contribution is -2.16. The average molecular weight is 283 g/mol. The van der Waals surface area contributed by atoms with Crippen molar-refractivity contribution in [3.8, 4) is 0 Å². The van der Waals surface area contributed by atoms with Crippen LogP contribution in [0.5, 0.6) is 0 Å². The highest BCUT2D eigenvalue weighted by molar-refractivity contribution is 9.11. The first-order valence-electron chi connectivity index (χ1n) is 4.88. The van der Waals surface area contributed by atoms with Gasteiger partial charge in [-0.15, -0.1) is 11.3 Å². The molecular formula is C11H11BrN2S. The fourth-order valence-electron chi connectivity index (χ4n) is 2.24. The summed E-state index contributed by atoms with van der Waals surface area (Å²) in [5, 5.41) is 2.24. The summed E-state index contributed by atoms with van der Waals surface area (Å²) >= 11 is 5.28. The molecule has 0 saturated heterocycles. The molecule has 0 aliphatic carbocycles. The Labute approximate surface area is 101 Å². The summed E-state index contributed by atoms with van der Waals surface area (Å²) in [6.07, 6.45) is 2.02. The first-order valence-corrected chi connectivity index (χ1v) is 6.55. The number of thiophene rings is 1. The van der Waals surface area contributed by atoms with Crippen LogP contribution in [0.1, 0.15) is 17.0 Å². The molecule has 4 heteroatoms. The van der Waals surface area contributed by atoms with E-state index in [-0.39, 0.29) is 0 Å². The molecule has 0 amide bonds. The summed E-state index contributed by atoms with van der Waals surface area (Å²) < 4.78 is 1.21. The first kappa shape index (κ1) is 9.48. The fourth-order valence-corrected chi connectivity index (χ4v) is 3.47. The summed E-state index contributed by atoms with van der Waals surface area (Å²) in [5.74, 6) is 1.79. The summed E-state index contributed by atoms with van der Waals surface area (Å²) in [5.41, 5.74) is 2.83. The number of halogens is 1. The van der Waals surface area contributed by atoms with Gasteiger partial charge in [-0.2, -0.15) is 0 Å². The number of aromatic nitrogens is 1. The predicted molar refractivity (Wildman–Crippen MR) is 67.9 cm³/mol. The van der Waals surface area contributed by atoms with Crippen LogP contribution in [-0.2, 0) is 0 Å². The van der Waals surface area contributed by atoms with Crippen LogP contribution in [0.3, 0.4) is 0 Å². The van der Waals surface area contributed by atoms with Crippen molar-refractivity contribution in [3.63, 3.8) is 0 Å². The van der Waals surface area contributed by atoms with E-state index in [9.17, 15) is 0 Å². The normalized spacial score (nSPS) is 19.6. The molecule has 3 rings (SSSR count). The molecule has 0 fully saturated rings. The van der Waals surface area contributed by atoms with E-state index in [1.54, 1.807) is 11.3 Å². The molecule has 1 aliphatic rings. The largest absolute Gasteiger partial charge is 0.360 e. The van der Waals surface area contributed by atoms with E-state index < -0.39 is 0 Å². The highest BCUT2D eigenvalue weighted by Gasteiger charge is 2.28. The van der Waals surface area contributed by atoms with Gasteiger partial charge in [0.1, 0.15) is 5.82 Å². The standard InChI is InChI=1S/C11H11BrN2S/c1-14-5-9(7-4-10(12)15-6-7)8-2-3-13-11(8)14/h2-4,6,9,13H,5H2,1H3. The van der Waals surface area contributed by atoms with Gasteiger partial charge in [0.15, 0.2) is 0 Å². The molecule has 1 unspecified atom stereocenters. The smallest absolute Gasteiger partial charge is 0.109 e. The molecule has 78 valence electrons. The van der Waals surface area contributed by atoms with E-state index in [0.717, 1.165) is 6.54 Å². The molecule has 0 saturated carbocycles. The Morgan fingerprint density at radius 2 is 2.47 bits per heavy atom. The lowest BCUT2D eigenvalue weighted by molar-refractivity contribution is 0.835. The van der Waals surface area contributed by atoms with Gasteiger partial charge >= 0.3 is 0 Å². The van der Waals surface area contributed by atoms with Crippen LogP contribution in [0.25, 0.3) is 0 Å². The predicted octanol–water partition coefficient (Wildman–Crippen LogP) is 3.42. The Morgan fingerprint density at radius 3 is 3.20 bits per heavy atom. The van der Waals surface area contributed by atoms with Crippen LogP contribution in [0.4, 0.5) is 5.82 Å². The summed E-state index contributed by atoms with van der Waals surface area (Å²) in [4.78, 5) is 5.57. The zero-order valence-corrected chi connectivity index (χ0v) is 10.7. The molecule has 0 radical (unpaired) electrons. The Morgan fingerprint density at radius 1 is 1.60 bits per heavy atom. The number of fused-ring (bicyclic) bond motifs is 1. The van der Waals surface area contributed by atoms with Crippen molar-refractivity contribution in [1.82, 2.24) is 4.98 Å². The van der Waals surface area contributed by atoms with Crippen molar-refractivity contribution >= 4 is 33.1 Å². The Kier molecular flexibility index (Phi) is 2.14. The number of aromatic amines is 1. The van der Waals surface area contributed by atoms with Crippen LogP contribution in [0, 0.1) is 0 Å². The highest BCUT2D eigenvalue weighted by atomic mass is 79.9. The van der Waals surface area contributed by atoms with E-state index in [0.29, 0.717) is 5.92 Å². The van der Waals surface area contributed by atoms with E-state index in [1.165, 1.54) is 20.7 Å². The topological polar surface area (TPSA) is 19.0 Å². The van der Waals surface area contributed by atoms with Crippen molar-refractivity contribution in [3.05, 3.63) is 38.6 Å². The van der Waals surface area contributed by atoms with Gasteiger partial charge in [-0.3, -0.25) is 0 Å². The Hall–Kier alpha value is -0.740. The molecule has 2 nitrogen and oxygen atoms in total. The number of hydrogen-bond acceptors (Lipinski definition) is 2. The first-order chi connectivity index (χ1) is 7.25. The number of anilines is 1. The van der Waals surface area contributed by atoms with Gasteiger partial charge in [0.2, 0.25) is 0 Å². The van der Waals surface area contributed by atoms with Crippen LogP contribution in [0.2, 0.25) is 0 Å². The van der Waals surface area contributed by atoms with E-state index in [2.05, 4.69) is 50.4 Å². The molecule has 1 atom stereocenters. The van der Waals surface area contributed by atoms with Crippen LogP contribution >= 0.6 is 27.3 Å². The number of nitrogens with zero attached hydrogens (tertiary/aromatic N) is 1. The molecule has 2 aromatic heterocycles. The number of likely N-dealkylation sites (N-methyl/N-ethyl adjacent to an activating group) is 1. The third kappa shape index (κ3) is 1.43. The maximum atomic E-state index is 3.52. The van der Waals surface area contributed by atoms with Gasteiger partial charge in [-0.1, -0.05) is 0 Å². The lowest BCUT2D eigenvalue weighted by Gasteiger charge is -2.11. The second-order valence-electron chi connectivity index (χ2n) is 3.90. The molecule has 15 heavy (non-hydrogen) atoms. The SMILES string of the molecule is CN1CC(c2csc(Br)c2)c2cc[nH]c21. The zero-order chi connectivity index (χ0) is 10.4. The number of hydrogen-bond donors (Lipinski definition) is 1. The van der Waals surface area contributed by atoms with Gasteiger partial charge in [0, 0.05) is 31.3 Å². The van der Waals surface area contributed by atoms with Crippen LogP contribution < -0.4 is 4.90 Å². The third-order valence-corrected chi connectivity index (χ3v) is 4.48. The summed E-state index contributed by atoms with van der Waals surface area (Å²) in [6.45, 7) is 1.07. The number of H-pyrrole nitrogens is 1. The van der Waals surface area contributed by atoms with Gasteiger partial charge in [0.05, 0.1) is 3.79 Å². The van der Waals surface area contributed by atoms with Gasteiger partial charge in [-0.05, 0) is 39.0 Å². The van der Waals surface area contributed by atoms with Gasteiger partial charge in [-0.25, -0.2) is 0 Å². The zero-order valence-electron chi connectivity index (χ0n) is 8.33. The molecular weight excluding hydrogens is 272 g/mol. The van der Waals surface area contributed by atoms with Crippen molar-refractivity contribution in [1.29, 1.82) is 0 Å². The molecule has 2 aromatic rings. The Balaban J connectivity index is 2.04. The van der Waals surface area contributed by atoms with Gasteiger partial charge in [0.25, 0.3) is 0 Å². The van der Waals surface area contributed by atoms with Crippen molar-refractivity contribution in [2.45, 2.75) is 5.92 Å². The molecule has 3 heterocycles. The fraction of sp³-hybridized carbons (Fsp3) is 0.273. The molecule has 1 N–H and O–H groups in total. The number of nitrogens with one attached hydrogen (secondary N) is 1. The highest BCUT2D eigenvalue weighted by Crippen LogP contribution is 2.40. The minimum Gasteiger partial charge on any atom is -0.360 e. The third-order valence-electron chi connectivity index (χ3n) is 2.96. The molecule has 0 spiro atoms. The van der Waals surface area contributed by atoms with E-state index in [4.69, 9.17) is 0 Å². The second kappa shape index (κ2) is 3.39. The minimum atomic E-state index is 0.527. The Bertz CT molecular complexity index is 488. The molecule has 1 aliphatic heterocycles. The van der Waals surface area contributed by atoms with Crippen molar-refractivity contribution in [2.75, 3.05) is 18.5 Å². The number of rotatable bonds is 1. The summed E-state index contributed by atoms with van der Waals surface area (Å²) in [7, 11) is 2.14.